The topological polar surface area (TPSA) is 52.0 Å². The largest absolute Gasteiger partial charge is 0.327 e. The van der Waals surface area contributed by atoms with Gasteiger partial charge in [-0.2, -0.15) is 0 Å². The minimum atomic E-state index is 0.367. The van der Waals surface area contributed by atoms with Crippen LogP contribution in [0.15, 0.2) is 72.8 Å². The van der Waals surface area contributed by atoms with Crippen LogP contribution >= 0.6 is 0 Å². The quantitative estimate of drug-likeness (QED) is 0.738. The SMILES string of the molecule is Cc1ccc2c(c1)CC(N)C2.NCc1ccc(-c2ccccc2)cc1. The summed E-state index contributed by atoms with van der Waals surface area (Å²) in [6.45, 7) is 2.74. The fourth-order valence-corrected chi connectivity index (χ4v) is 3.24. The molecule has 4 rings (SSSR count). The van der Waals surface area contributed by atoms with Gasteiger partial charge in [-0.15, -0.1) is 0 Å². The Bertz CT molecular complexity index is 807. The molecule has 0 heterocycles. The molecule has 0 aromatic heterocycles. The van der Waals surface area contributed by atoms with Crippen molar-refractivity contribution in [3.63, 3.8) is 0 Å². The summed E-state index contributed by atoms with van der Waals surface area (Å²) >= 11 is 0. The Hall–Kier alpha value is -2.42. The third kappa shape index (κ3) is 4.56. The lowest BCUT2D eigenvalue weighted by molar-refractivity contribution is 0.721. The van der Waals surface area contributed by atoms with E-state index in [0.29, 0.717) is 12.6 Å². The monoisotopic (exact) mass is 330 g/mol. The van der Waals surface area contributed by atoms with E-state index in [9.17, 15) is 0 Å². The zero-order valence-corrected chi connectivity index (χ0v) is 14.8. The molecule has 2 nitrogen and oxygen atoms in total. The highest BCUT2D eigenvalue weighted by Gasteiger charge is 2.16. The molecule has 1 aliphatic carbocycles. The van der Waals surface area contributed by atoms with Crippen molar-refractivity contribution in [3.05, 3.63) is 95.1 Å². The highest BCUT2D eigenvalue weighted by molar-refractivity contribution is 5.63. The first-order valence-electron chi connectivity index (χ1n) is 8.84. The lowest BCUT2D eigenvalue weighted by Crippen LogP contribution is -2.18. The van der Waals surface area contributed by atoms with Gasteiger partial charge in [-0.3, -0.25) is 0 Å². The van der Waals surface area contributed by atoms with E-state index in [4.69, 9.17) is 11.5 Å². The number of aryl methyl sites for hydroxylation is 1. The second kappa shape index (κ2) is 8.11. The van der Waals surface area contributed by atoms with Crippen LogP contribution in [0.2, 0.25) is 0 Å². The van der Waals surface area contributed by atoms with Gasteiger partial charge in [-0.1, -0.05) is 78.4 Å². The molecule has 2 heteroatoms. The number of hydrogen-bond donors (Lipinski definition) is 2. The first-order chi connectivity index (χ1) is 12.2. The predicted molar refractivity (Wildman–Crippen MR) is 106 cm³/mol. The summed E-state index contributed by atoms with van der Waals surface area (Å²) in [7, 11) is 0. The van der Waals surface area contributed by atoms with Gasteiger partial charge in [-0.05, 0) is 47.6 Å². The zero-order valence-electron chi connectivity index (χ0n) is 14.8. The molecule has 1 atom stereocenters. The van der Waals surface area contributed by atoms with Crippen LogP contribution in [0, 0.1) is 6.92 Å². The molecule has 0 bridgehead atoms. The Kier molecular flexibility index (Phi) is 5.64. The summed E-state index contributed by atoms with van der Waals surface area (Å²) in [6, 6.07) is 25.7. The standard InChI is InChI=1S/C13H13N.C10H13N/c14-10-11-6-8-13(9-7-11)12-4-2-1-3-5-12;1-7-2-3-8-5-10(11)6-9(8)4-7/h1-9H,10,14H2;2-4,10H,5-6,11H2,1H3. The summed E-state index contributed by atoms with van der Waals surface area (Å²) in [5.41, 5.74) is 19.3. The minimum Gasteiger partial charge on any atom is -0.327 e. The lowest BCUT2D eigenvalue weighted by atomic mass is 10.0. The number of hydrogen-bond acceptors (Lipinski definition) is 2. The average molecular weight is 330 g/mol. The highest BCUT2D eigenvalue weighted by Crippen LogP contribution is 2.21. The molecular weight excluding hydrogens is 304 g/mol. The van der Waals surface area contributed by atoms with Crippen molar-refractivity contribution >= 4 is 0 Å². The Morgan fingerprint density at radius 2 is 1.44 bits per heavy atom. The Balaban J connectivity index is 0.000000150. The molecule has 0 fully saturated rings. The van der Waals surface area contributed by atoms with Gasteiger partial charge in [0.25, 0.3) is 0 Å². The van der Waals surface area contributed by atoms with Gasteiger partial charge in [0.15, 0.2) is 0 Å². The van der Waals surface area contributed by atoms with Crippen molar-refractivity contribution in [3.8, 4) is 11.1 Å². The number of fused-ring (bicyclic) bond motifs is 1. The van der Waals surface area contributed by atoms with Crippen molar-refractivity contribution in [2.24, 2.45) is 11.5 Å². The van der Waals surface area contributed by atoms with Crippen molar-refractivity contribution in [2.45, 2.75) is 32.4 Å². The van der Waals surface area contributed by atoms with Gasteiger partial charge < -0.3 is 11.5 Å². The van der Waals surface area contributed by atoms with Crippen LogP contribution in [0.1, 0.15) is 22.3 Å². The van der Waals surface area contributed by atoms with Crippen LogP contribution in [0.3, 0.4) is 0 Å². The van der Waals surface area contributed by atoms with Crippen LogP contribution < -0.4 is 11.5 Å². The van der Waals surface area contributed by atoms with Crippen molar-refractivity contribution in [2.75, 3.05) is 0 Å². The van der Waals surface area contributed by atoms with E-state index in [1.807, 2.05) is 18.2 Å². The molecule has 4 N–H and O–H groups in total. The molecule has 0 saturated heterocycles. The Morgan fingerprint density at radius 3 is 2.12 bits per heavy atom. The predicted octanol–water partition coefficient (Wildman–Crippen LogP) is 4.23. The summed E-state index contributed by atoms with van der Waals surface area (Å²) < 4.78 is 0. The molecule has 25 heavy (non-hydrogen) atoms. The Labute approximate surface area is 150 Å². The third-order valence-corrected chi connectivity index (χ3v) is 4.62. The maximum absolute atomic E-state index is 5.84. The van der Waals surface area contributed by atoms with E-state index in [0.717, 1.165) is 12.8 Å². The van der Waals surface area contributed by atoms with Gasteiger partial charge in [0, 0.05) is 12.6 Å². The fraction of sp³-hybridized carbons (Fsp3) is 0.217. The van der Waals surface area contributed by atoms with Gasteiger partial charge >= 0.3 is 0 Å². The smallest absolute Gasteiger partial charge is 0.0178 e. The first-order valence-corrected chi connectivity index (χ1v) is 8.84. The molecule has 0 aliphatic heterocycles. The molecule has 0 saturated carbocycles. The van der Waals surface area contributed by atoms with E-state index in [1.165, 1.54) is 33.4 Å². The molecule has 0 spiro atoms. The maximum Gasteiger partial charge on any atom is 0.0178 e. The normalized spacial score (nSPS) is 15.2. The zero-order chi connectivity index (χ0) is 17.6. The summed E-state index contributed by atoms with van der Waals surface area (Å²) in [5, 5.41) is 0. The second-order valence-electron chi connectivity index (χ2n) is 6.71. The van der Waals surface area contributed by atoms with E-state index in [-0.39, 0.29) is 0 Å². The molecule has 0 radical (unpaired) electrons. The van der Waals surface area contributed by atoms with Gasteiger partial charge in [0.2, 0.25) is 0 Å². The van der Waals surface area contributed by atoms with Gasteiger partial charge in [0.1, 0.15) is 0 Å². The van der Waals surface area contributed by atoms with Crippen molar-refractivity contribution < 1.29 is 0 Å². The highest BCUT2D eigenvalue weighted by atomic mass is 14.6. The van der Waals surface area contributed by atoms with Crippen molar-refractivity contribution in [1.82, 2.24) is 0 Å². The van der Waals surface area contributed by atoms with E-state index in [1.54, 1.807) is 0 Å². The number of nitrogens with two attached hydrogens (primary N) is 2. The van der Waals surface area contributed by atoms with E-state index in [2.05, 4.69) is 61.5 Å². The number of benzene rings is 3. The van der Waals surface area contributed by atoms with Crippen LogP contribution in [-0.4, -0.2) is 6.04 Å². The van der Waals surface area contributed by atoms with Gasteiger partial charge in [0.05, 0.1) is 0 Å². The average Bonchev–Trinajstić information content (AvgIpc) is 3.02. The maximum atomic E-state index is 5.84. The molecule has 3 aromatic rings. The van der Waals surface area contributed by atoms with Crippen molar-refractivity contribution in [1.29, 1.82) is 0 Å². The lowest BCUT2D eigenvalue weighted by Gasteiger charge is -2.02. The molecule has 1 aliphatic rings. The van der Waals surface area contributed by atoms with Crippen LogP contribution in [0.5, 0.6) is 0 Å². The molecule has 128 valence electrons. The number of rotatable bonds is 2. The molecular formula is C23H26N2. The molecule has 0 amide bonds. The summed E-state index contributed by atoms with van der Waals surface area (Å²) in [6.07, 6.45) is 2.13. The fourth-order valence-electron chi connectivity index (χ4n) is 3.24. The summed E-state index contributed by atoms with van der Waals surface area (Å²) in [4.78, 5) is 0. The summed E-state index contributed by atoms with van der Waals surface area (Å²) in [5.74, 6) is 0. The second-order valence-corrected chi connectivity index (χ2v) is 6.71. The van der Waals surface area contributed by atoms with Gasteiger partial charge in [-0.25, -0.2) is 0 Å². The Morgan fingerprint density at radius 1 is 0.800 bits per heavy atom. The molecule has 1 unspecified atom stereocenters. The van der Waals surface area contributed by atoms with Crippen LogP contribution in [0.4, 0.5) is 0 Å². The van der Waals surface area contributed by atoms with E-state index < -0.39 is 0 Å². The van der Waals surface area contributed by atoms with Crippen LogP contribution in [0.25, 0.3) is 11.1 Å². The minimum absolute atomic E-state index is 0.367. The van der Waals surface area contributed by atoms with Crippen LogP contribution in [-0.2, 0) is 19.4 Å². The first kappa shape index (κ1) is 17.4. The molecule has 3 aromatic carbocycles. The van der Waals surface area contributed by atoms with E-state index >= 15 is 0 Å². The third-order valence-electron chi connectivity index (χ3n) is 4.62.